The molecule has 0 fully saturated rings. The van der Waals surface area contributed by atoms with Crippen LogP contribution in [0.2, 0.25) is 0 Å². The number of carbonyl (C=O) groups is 2. The van der Waals surface area contributed by atoms with Crippen LogP contribution in [0.5, 0.6) is 5.75 Å². The molecular formula is C23H18N2O3S. The van der Waals surface area contributed by atoms with E-state index in [4.69, 9.17) is 4.74 Å². The van der Waals surface area contributed by atoms with Gasteiger partial charge in [-0.2, -0.15) is 0 Å². The van der Waals surface area contributed by atoms with Crippen LogP contribution in [0.15, 0.2) is 72.8 Å². The summed E-state index contributed by atoms with van der Waals surface area (Å²) in [5, 5.41) is 3.75. The van der Waals surface area contributed by atoms with Crippen molar-refractivity contribution in [2.24, 2.45) is 0 Å². The minimum Gasteiger partial charge on any atom is -0.484 e. The molecule has 6 heteroatoms. The third-order valence-corrected chi connectivity index (χ3v) is 5.43. The second-order valence-electron chi connectivity index (χ2n) is 6.45. The van der Waals surface area contributed by atoms with Gasteiger partial charge in [0.25, 0.3) is 5.91 Å². The number of anilines is 1. The summed E-state index contributed by atoms with van der Waals surface area (Å²) in [4.78, 5) is 28.4. The van der Waals surface area contributed by atoms with Crippen molar-refractivity contribution in [1.29, 1.82) is 0 Å². The lowest BCUT2D eigenvalue weighted by atomic mass is 10.1. The zero-order chi connectivity index (χ0) is 20.2. The Balaban J connectivity index is 1.46. The molecule has 5 nitrogen and oxygen atoms in total. The largest absolute Gasteiger partial charge is 0.484 e. The molecule has 29 heavy (non-hydrogen) atoms. The smallest absolute Gasteiger partial charge is 0.262 e. The van der Waals surface area contributed by atoms with E-state index in [-0.39, 0.29) is 18.3 Å². The van der Waals surface area contributed by atoms with Crippen LogP contribution in [-0.4, -0.2) is 23.3 Å². The molecule has 0 saturated heterocycles. The summed E-state index contributed by atoms with van der Waals surface area (Å²) in [6, 6.07) is 22.2. The summed E-state index contributed by atoms with van der Waals surface area (Å²) in [5.74, 6) is 0.250. The van der Waals surface area contributed by atoms with E-state index in [9.17, 15) is 9.59 Å². The van der Waals surface area contributed by atoms with E-state index in [1.54, 1.807) is 35.6 Å². The highest BCUT2D eigenvalue weighted by atomic mass is 32.1. The fraction of sp³-hybridized carbons (Fsp3) is 0.0870. The molecule has 4 aromatic rings. The molecule has 3 aromatic carbocycles. The van der Waals surface area contributed by atoms with Gasteiger partial charge in [0.15, 0.2) is 12.4 Å². The maximum Gasteiger partial charge on any atom is 0.262 e. The highest BCUT2D eigenvalue weighted by Gasteiger charge is 2.13. The number of ether oxygens (including phenoxy) is 1. The summed E-state index contributed by atoms with van der Waals surface area (Å²) in [6.45, 7) is 1.37. The van der Waals surface area contributed by atoms with Crippen LogP contribution in [0.3, 0.4) is 0 Å². The minimum absolute atomic E-state index is 0.0132. The predicted octanol–water partition coefficient (Wildman–Crippen LogP) is 5.18. The predicted molar refractivity (Wildman–Crippen MR) is 116 cm³/mol. The van der Waals surface area contributed by atoms with Crippen LogP contribution in [0.1, 0.15) is 17.3 Å². The van der Waals surface area contributed by atoms with Gasteiger partial charge in [-0.1, -0.05) is 24.3 Å². The molecule has 0 aliphatic rings. The van der Waals surface area contributed by atoms with E-state index >= 15 is 0 Å². The zero-order valence-corrected chi connectivity index (χ0v) is 16.5. The van der Waals surface area contributed by atoms with Crippen molar-refractivity contribution in [1.82, 2.24) is 4.98 Å². The maximum absolute atomic E-state index is 12.4. The van der Waals surface area contributed by atoms with Gasteiger partial charge in [-0.3, -0.25) is 9.59 Å². The van der Waals surface area contributed by atoms with Crippen molar-refractivity contribution < 1.29 is 14.3 Å². The van der Waals surface area contributed by atoms with Crippen LogP contribution in [0, 0.1) is 0 Å². The average Bonchev–Trinajstić information content (AvgIpc) is 3.17. The van der Waals surface area contributed by atoms with Crippen molar-refractivity contribution in [2.45, 2.75) is 6.92 Å². The van der Waals surface area contributed by atoms with E-state index in [0.29, 0.717) is 17.0 Å². The first-order valence-corrected chi connectivity index (χ1v) is 9.90. The molecule has 1 heterocycles. The normalized spacial score (nSPS) is 10.7. The molecule has 0 saturated carbocycles. The molecule has 0 unspecified atom stereocenters. The monoisotopic (exact) mass is 402 g/mol. The number of nitrogens with zero attached hydrogens (tertiary/aromatic N) is 1. The lowest BCUT2D eigenvalue weighted by molar-refractivity contribution is -0.118. The van der Waals surface area contributed by atoms with Crippen LogP contribution in [0.4, 0.5) is 5.69 Å². The lowest BCUT2D eigenvalue weighted by Crippen LogP contribution is -2.20. The number of thiazole rings is 1. The van der Waals surface area contributed by atoms with Crippen LogP contribution < -0.4 is 10.1 Å². The van der Waals surface area contributed by atoms with Crippen molar-refractivity contribution in [3.8, 4) is 16.3 Å². The average molecular weight is 402 g/mol. The topological polar surface area (TPSA) is 68.3 Å². The Morgan fingerprint density at radius 2 is 1.69 bits per heavy atom. The Labute approximate surface area is 172 Å². The molecule has 144 valence electrons. The Morgan fingerprint density at radius 3 is 2.45 bits per heavy atom. The summed E-state index contributed by atoms with van der Waals surface area (Å²) in [5.41, 5.74) is 3.09. The van der Waals surface area contributed by atoms with E-state index in [1.165, 1.54) is 6.92 Å². The number of nitrogens with one attached hydrogen (secondary N) is 1. The molecule has 0 atom stereocenters. The Morgan fingerprint density at radius 1 is 0.966 bits per heavy atom. The number of rotatable bonds is 6. The molecule has 0 bridgehead atoms. The number of Topliss-reactive ketones (excluding diaryl/α,β-unsaturated/α-hetero) is 1. The second kappa shape index (κ2) is 8.24. The first kappa shape index (κ1) is 18.8. The summed E-state index contributed by atoms with van der Waals surface area (Å²) < 4.78 is 6.63. The third-order valence-electron chi connectivity index (χ3n) is 4.36. The number of amides is 1. The van der Waals surface area contributed by atoms with Gasteiger partial charge in [0.1, 0.15) is 10.8 Å². The van der Waals surface area contributed by atoms with Crippen LogP contribution in [0.25, 0.3) is 20.8 Å². The van der Waals surface area contributed by atoms with Gasteiger partial charge < -0.3 is 10.1 Å². The molecule has 0 radical (unpaired) electrons. The second-order valence-corrected chi connectivity index (χ2v) is 7.48. The van der Waals surface area contributed by atoms with Crippen molar-refractivity contribution in [3.05, 3.63) is 78.4 Å². The quantitative estimate of drug-likeness (QED) is 0.451. The fourth-order valence-electron chi connectivity index (χ4n) is 2.89. The molecule has 1 aromatic heterocycles. The first-order chi connectivity index (χ1) is 14.1. The highest BCUT2D eigenvalue weighted by Crippen LogP contribution is 2.34. The van der Waals surface area contributed by atoms with E-state index in [1.807, 2.05) is 48.5 Å². The van der Waals surface area contributed by atoms with Crippen molar-refractivity contribution in [3.63, 3.8) is 0 Å². The first-order valence-electron chi connectivity index (χ1n) is 9.09. The molecule has 4 rings (SSSR count). The van der Waals surface area contributed by atoms with Crippen molar-refractivity contribution >= 4 is 38.9 Å². The van der Waals surface area contributed by atoms with Gasteiger partial charge in [0.2, 0.25) is 0 Å². The number of aromatic nitrogens is 1. The van der Waals surface area contributed by atoms with Crippen LogP contribution in [-0.2, 0) is 4.79 Å². The number of benzene rings is 3. The molecule has 0 aliphatic carbocycles. The number of hydrogen-bond acceptors (Lipinski definition) is 5. The number of para-hydroxylation sites is 2. The number of fused-ring (bicyclic) bond motifs is 1. The Hall–Kier alpha value is -3.51. The summed E-state index contributed by atoms with van der Waals surface area (Å²) >= 11 is 1.58. The molecular weight excluding hydrogens is 384 g/mol. The lowest BCUT2D eigenvalue weighted by Gasteiger charge is -2.10. The van der Waals surface area contributed by atoms with Gasteiger partial charge in [0, 0.05) is 11.1 Å². The number of carbonyl (C=O) groups excluding carboxylic acids is 2. The van der Waals surface area contributed by atoms with Gasteiger partial charge >= 0.3 is 0 Å². The molecule has 1 N–H and O–H groups in total. The fourth-order valence-corrected chi connectivity index (χ4v) is 3.89. The van der Waals surface area contributed by atoms with E-state index < -0.39 is 0 Å². The Kier molecular flexibility index (Phi) is 5.35. The van der Waals surface area contributed by atoms with E-state index in [0.717, 1.165) is 20.8 Å². The van der Waals surface area contributed by atoms with E-state index in [2.05, 4.69) is 10.3 Å². The minimum atomic E-state index is -0.269. The zero-order valence-electron chi connectivity index (χ0n) is 15.7. The number of hydrogen-bond donors (Lipinski definition) is 1. The van der Waals surface area contributed by atoms with Crippen molar-refractivity contribution in [2.75, 3.05) is 11.9 Å². The molecule has 0 aliphatic heterocycles. The van der Waals surface area contributed by atoms with Crippen LogP contribution >= 0.6 is 11.3 Å². The number of ketones is 1. The standard InChI is InChI=1S/C23H18N2O3S/c1-15(26)16-10-12-17(13-11-16)28-14-22(27)24-19-7-3-2-6-18(19)23-25-20-8-4-5-9-21(20)29-23/h2-13H,14H2,1H3,(H,24,27). The Bertz CT molecular complexity index is 1150. The third kappa shape index (κ3) is 4.33. The molecule has 0 spiro atoms. The SMILES string of the molecule is CC(=O)c1ccc(OCC(=O)Nc2ccccc2-c2nc3ccccc3s2)cc1. The maximum atomic E-state index is 12.4. The highest BCUT2D eigenvalue weighted by molar-refractivity contribution is 7.21. The summed E-state index contributed by atoms with van der Waals surface area (Å²) in [6.07, 6.45) is 0. The summed E-state index contributed by atoms with van der Waals surface area (Å²) in [7, 11) is 0. The molecule has 1 amide bonds. The van der Waals surface area contributed by atoms with Gasteiger partial charge in [-0.25, -0.2) is 4.98 Å². The van der Waals surface area contributed by atoms with Gasteiger partial charge in [-0.15, -0.1) is 11.3 Å². The van der Waals surface area contributed by atoms with Gasteiger partial charge in [0.05, 0.1) is 15.9 Å². The van der Waals surface area contributed by atoms with Gasteiger partial charge in [-0.05, 0) is 55.5 Å².